The molecule has 1 aromatic carbocycles. The van der Waals surface area contributed by atoms with E-state index in [9.17, 15) is 9.90 Å². The predicted molar refractivity (Wildman–Crippen MR) is 66.4 cm³/mol. The monoisotopic (exact) mass is 254 g/mol. The molecule has 0 aromatic heterocycles. The fourth-order valence-electron chi connectivity index (χ4n) is 1.70. The summed E-state index contributed by atoms with van der Waals surface area (Å²) in [6.45, 7) is 0. The molecular formula is C13H18O5. The minimum Gasteiger partial charge on any atom is -0.502 e. The number of carboxylic acids is 1. The lowest BCUT2D eigenvalue weighted by Crippen LogP contribution is -1.96. The lowest BCUT2D eigenvalue weighted by Gasteiger charge is -2.11. The van der Waals surface area contributed by atoms with Crippen LogP contribution in [0.25, 0.3) is 0 Å². The summed E-state index contributed by atoms with van der Waals surface area (Å²) in [5, 5.41) is 18.3. The van der Waals surface area contributed by atoms with E-state index in [2.05, 4.69) is 0 Å². The van der Waals surface area contributed by atoms with Gasteiger partial charge in [-0.1, -0.05) is 0 Å². The molecule has 1 rings (SSSR count). The first-order chi connectivity index (χ1) is 8.58. The first-order valence-electron chi connectivity index (χ1n) is 5.74. The number of carboxylic acid groups (broad SMARTS) is 1. The molecule has 0 saturated carbocycles. The Hall–Kier alpha value is -1.91. The molecule has 0 bridgehead atoms. The van der Waals surface area contributed by atoms with Crippen LogP contribution >= 0.6 is 0 Å². The number of unbranched alkanes of at least 4 members (excludes halogenated alkanes) is 1. The first kappa shape index (κ1) is 14.2. The van der Waals surface area contributed by atoms with Crippen LogP contribution in [0.3, 0.4) is 0 Å². The summed E-state index contributed by atoms with van der Waals surface area (Å²) in [6.07, 6.45) is 2.29. The maximum Gasteiger partial charge on any atom is 0.303 e. The van der Waals surface area contributed by atoms with Gasteiger partial charge in [-0.25, -0.2) is 0 Å². The predicted octanol–water partition coefficient (Wildman–Crippen LogP) is 2.21. The number of aromatic hydroxyl groups is 1. The highest BCUT2D eigenvalue weighted by Gasteiger charge is 2.11. The third-order valence-corrected chi connectivity index (χ3v) is 2.65. The molecule has 0 heterocycles. The number of hydrogen-bond acceptors (Lipinski definition) is 4. The van der Waals surface area contributed by atoms with Crippen LogP contribution in [0.4, 0.5) is 0 Å². The number of benzene rings is 1. The van der Waals surface area contributed by atoms with Gasteiger partial charge in [-0.05, 0) is 37.0 Å². The molecular weight excluding hydrogens is 236 g/mol. The van der Waals surface area contributed by atoms with E-state index >= 15 is 0 Å². The van der Waals surface area contributed by atoms with E-state index in [1.165, 1.54) is 14.2 Å². The maximum atomic E-state index is 10.4. The average molecular weight is 254 g/mol. The van der Waals surface area contributed by atoms with Gasteiger partial charge in [0.05, 0.1) is 14.2 Å². The Bertz CT molecular complexity index is 389. The zero-order valence-corrected chi connectivity index (χ0v) is 10.6. The number of aryl methyl sites for hydroxylation is 1. The summed E-state index contributed by atoms with van der Waals surface area (Å²) >= 11 is 0. The minimum atomic E-state index is -0.782. The molecule has 0 unspecified atom stereocenters. The molecule has 0 aliphatic carbocycles. The van der Waals surface area contributed by atoms with Crippen LogP contribution in [0, 0.1) is 0 Å². The molecule has 0 spiro atoms. The topological polar surface area (TPSA) is 76.0 Å². The van der Waals surface area contributed by atoms with Crippen molar-refractivity contribution < 1.29 is 24.5 Å². The normalized spacial score (nSPS) is 10.1. The minimum absolute atomic E-state index is 0.0192. The van der Waals surface area contributed by atoms with Gasteiger partial charge in [0.2, 0.25) is 5.75 Å². The van der Waals surface area contributed by atoms with Gasteiger partial charge >= 0.3 is 5.97 Å². The van der Waals surface area contributed by atoms with Crippen LogP contribution < -0.4 is 9.47 Å². The molecule has 5 nitrogen and oxygen atoms in total. The average Bonchev–Trinajstić information content (AvgIpc) is 2.35. The van der Waals surface area contributed by atoms with Crippen LogP contribution in [0.5, 0.6) is 17.2 Å². The largest absolute Gasteiger partial charge is 0.502 e. The van der Waals surface area contributed by atoms with Crippen LogP contribution in [-0.2, 0) is 11.2 Å². The molecule has 1 aromatic rings. The van der Waals surface area contributed by atoms with Crippen LogP contribution in [-0.4, -0.2) is 30.4 Å². The molecule has 0 aliphatic rings. The lowest BCUT2D eigenvalue weighted by molar-refractivity contribution is -0.137. The summed E-state index contributed by atoms with van der Waals surface area (Å²) in [6, 6.07) is 3.47. The Kier molecular flexibility index (Phi) is 5.30. The fraction of sp³-hybridized carbons (Fsp3) is 0.462. The molecule has 0 fully saturated rings. The third-order valence-electron chi connectivity index (χ3n) is 2.65. The number of rotatable bonds is 7. The summed E-state index contributed by atoms with van der Waals surface area (Å²) < 4.78 is 10.1. The molecule has 0 atom stereocenters. The van der Waals surface area contributed by atoms with Crippen molar-refractivity contribution in [3.8, 4) is 17.2 Å². The first-order valence-corrected chi connectivity index (χ1v) is 5.74. The Labute approximate surface area is 106 Å². The molecule has 0 saturated heterocycles. The third kappa shape index (κ3) is 3.84. The number of phenolic OH excluding ortho intramolecular Hbond substituents is 1. The summed E-state index contributed by atoms with van der Waals surface area (Å²) in [7, 11) is 2.95. The van der Waals surface area contributed by atoms with E-state index in [1.54, 1.807) is 12.1 Å². The van der Waals surface area contributed by atoms with Crippen LogP contribution in [0.1, 0.15) is 24.8 Å². The van der Waals surface area contributed by atoms with E-state index in [-0.39, 0.29) is 12.2 Å². The zero-order valence-electron chi connectivity index (χ0n) is 10.6. The Morgan fingerprint density at radius 2 is 1.72 bits per heavy atom. The smallest absolute Gasteiger partial charge is 0.303 e. The van der Waals surface area contributed by atoms with Gasteiger partial charge < -0.3 is 19.7 Å². The highest BCUT2D eigenvalue weighted by Crippen LogP contribution is 2.37. The second kappa shape index (κ2) is 6.74. The quantitative estimate of drug-likeness (QED) is 0.729. The van der Waals surface area contributed by atoms with Crippen molar-refractivity contribution in [2.45, 2.75) is 25.7 Å². The number of phenols is 1. The van der Waals surface area contributed by atoms with Crippen LogP contribution in [0.2, 0.25) is 0 Å². The second-order valence-electron chi connectivity index (χ2n) is 3.95. The van der Waals surface area contributed by atoms with Crippen molar-refractivity contribution in [2.75, 3.05) is 14.2 Å². The van der Waals surface area contributed by atoms with Crippen molar-refractivity contribution in [3.63, 3.8) is 0 Å². The van der Waals surface area contributed by atoms with Gasteiger partial charge in [-0.2, -0.15) is 0 Å². The Morgan fingerprint density at radius 3 is 2.17 bits per heavy atom. The number of hydrogen-bond donors (Lipinski definition) is 2. The van der Waals surface area contributed by atoms with E-state index in [4.69, 9.17) is 14.6 Å². The summed E-state index contributed by atoms with van der Waals surface area (Å²) in [5.74, 6) is -0.0738. The van der Waals surface area contributed by atoms with Crippen molar-refractivity contribution >= 4 is 5.97 Å². The van der Waals surface area contributed by atoms with Crippen molar-refractivity contribution in [2.24, 2.45) is 0 Å². The molecule has 100 valence electrons. The lowest BCUT2D eigenvalue weighted by atomic mass is 10.1. The number of methoxy groups -OCH3 is 2. The maximum absolute atomic E-state index is 10.4. The molecule has 2 N–H and O–H groups in total. The van der Waals surface area contributed by atoms with E-state index in [1.807, 2.05) is 0 Å². The van der Waals surface area contributed by atoms with Crippen molar-refractivity contribution in [3.05, 3.63) is 17.7 Å². The molecule has 0 aliphatic heterocycles. The highest BCUT2D eigenvalue weighted by atomic mass is 16.5. The van der Waals surface area contributed by atoms with Gasteiger partial charge in [0.15, 0.2) is 11.5 Å². The number of aliphatic carboxylic acids is 1. The van der Waals surface area contributed by atoms with E-state index < -0.39 is 5.97 Å². The van der Waals surface area contributed by atoms with Gasteiger partial charge in [0.1, 0.15) is 0 Å². The Balaban J connectivity index is 2.68. The standard InChI is InChI=1S/C13H18O5/c1-17-10-7-9(5-3-4-6-12(14)15)8-11(18-2)13(10)16/h7-8,16H,3-6H2,1-2H3,(H,14,15). The summed E-state index contributed by atoms with van der Waals surface area (Å²) in [5.41, 5.74) is 0.951. The molecule has 5 heteroatoms. The molecule has 18 heavy (non-hydrogen) atoms. The van der Waals surface area contributed by atoms with Crippen molar-refractivity contribution in [1.29, 1.82) is 0 Å². The van der Waals surface area contributed by atoms with E-state index in [0.717, 1.165) is 18.4 Å². The van der Waals surface area contributed by atoms with Gasteiger partial charge in [0.25, 0.3) is 0 Å². The summed E-state index contributed by atoms with van der Waals surface area (Å²) in [4.78, 5) is 10.4. The second-order valence-corrected chi connectivity index (χ2v) is 3.95. The Morgan fingerprint density at radius 1 is 1.17 bits per heavy atom. The number of ether oxygens (including phenoxy) is 2. The van der Waals surface area contributed by atoms with Gasteiger partial charge in [0, 0.05) is 6.42 Å². The highest BCUT2D eigenvalue weighted by molar-refractivity contribution is 5.66. The zero-order chi connectivity index (χ0) is 13.5. The molecule has 0 amide bonds. The number of carbonyl (C=O) groups is 1. The van der Waals surface area contributed by atoms with Crippen LogP contribution in [0.15, 0.2) is 12.1 Å². The fourth-order valence-corrected chi connectivity index (χ4v) is 1.70. The SMILES string of the molecule is COc1cc(CCCCC(=O)O)cc(OC)c1O. The van der Waals surface area contributed by atoms with Gasteiger partial charge in [-0.15, -0.1) is 0 Å². The van der Waals surface area contributed by atoms with Gasteiger partial charge in [-0.3, -0.25) is 4.79 Å². The molecule has 0 radical (unpaired) electrons. The van der Waals surface area contributed by atoms with Crippen molar-refractivity contribution in [1.82, 2.24) is 0 Å². The van der Waals surface area contributed by atoms with E-state index in [0.29, 0.717) is 17.9 Å².